The summed E-state index contributed by atoms with van der Waals surface area (Å²) in [5.74, 6) is 0. The molecule has 0 atom stereocenters. The first-order chi connectivity index (χ1) is 10.0. The van der Waals surface area contributed by atoms with Gasteiger partial charge in [0.1, 0.15) is 0 Å². The van der Waals surface area contributed by atoms with Crippen LogP contribution in [0.5, 0.6) is 0 Å². The summed E-state index contributed by atoms with van der Waals surface area (Å²) in [6.45, 7) is 19.3. The van der Waals surface area contributed by atoms with Gasteiger partial charge in [-0.15, -0.1) is 0 Å². The second-order valence-corrected chi connectivity index (χ2v) is 13.7. The minimum atomic E-state index is -2.03. The fraction of sp³-hybridized carbons (Fsp3) is 0.600. The normalized spacial score (nSPS) is 14.3. The van der Waals surface area contributed by atoms with Crippen molar-refractivity contribution in [2.24, 2.45) is 0 Å². The second kappa shape index (κ2) is 7.14. The molecule has 0 aromatic heterocycles. The molecule has 1 nitrogen and oxygen atoms in total. The van der Waals surface area contributed by atoms with Crippen LogP contribution < -0.4 is 0 Å². The van der Waals surface area contributed by atoms with Crippen LogP contribution in [0.1, 0.15) is 61.0 Å². The Balaban J connectivity index is 3.19. The highest BCUT2D eigenvalue weighted by atomic mass is 28.4. The Hall–Kier alpha value is -0.863. The molecule has 0 spiro atoms. The van der Waals surface area contributed by atoms with Crippen molar-refractivity contribution < 1.29 is 4.43 Å². The van der Waals surface area contributed by atoms with Gasteiger partial charge in [0.2, 0.25) is 8.32 Å². The molecular weight excluding hydrogens is 284 g/mol. The van der Waals surface area contributed by atoms with Gasteiger partial charge in [0.15, 0.2) is 0 Å². The average molecular weight is 319 g/mol. The molecule has 0 amide bonds. The van der Waals surface area contributed by atoms with E-state index < -0.39 is 8.32 Å². The maximum absolute atomic E-state index is 6.82. The highest BCUT2D eigenvalue weighted by molar-refractivity contribution is 6.79. The van der Waals surface area contributed by atoms with Crippen LogP contribution in [-0.4, -0.2) is 8.32 Å². The Morgan fingerprint density at radius 2 is 1.50 bits per heavy atom. The van der Waals surface area contributed by atoms with Crippen molar-refractivity contribution >= 4 is 8.32 Å². The van der Waals surface area contributed by atoms with Crippen LogP contribution in [0.15, 0.2) is 42.0 Å². The topological polar surface area (TPSA) is 9.23 Å². The molecule has 0 bridgehead atoms. The van der Waals surface area contributed by atoms with Crippen molar-refractivity contribution in [3.8, 4) is 0 Å². The van der Waals surface area contributed by atoms with E-state index in [2.05, 4.69) is 91.8 Å². The van der Waals surface area contributed by atoms with Gasteiger partial charge in [-0.1, -0.05) is 83.5 Å². The van der Waals surface area contributed by atoms with Gasteiger partial charge >= 0.3 is 0 Å². The summed E-state index contributed by atoms with van der Waals surface area (Å²) in [5, 5.41) is 0.370. The van der Waals surface area contributed by atoms with E-state index in [9.17, 15) is 0 Å². The van der Waals surface area contributed by atoms with Crippen molar-refractivity contribution in [1.82, 2.24) is 0 Å². The van der Waals surface area contributed by atoms with Gasteiger partial charge in [0.25, 0.3) is 0 Å². The Morgan fingerprint density at radius 3 is 1.91 bits per heavy atom. The molecule has 0 aliphatic carbocycles. The number of benzene rings is 1. The van der Waals surface area contributed by atoms with E-state index in [0.717, 1.165) is 12.7 Å². The molecule has 0 N–H and O–H groups in total. The first kappa shape index (κ1) is 19.2. The summed E-state index contributed by atoms with van der Waals surface area (Å²) in [7, 11) is -2.03. The maximum atomic E-state index is 6.82. The predicted molar refractivity (Wildman–Crippen MR) is 101 cm³/mol. The third kappa shape index (κ3) is 4.33. The van der Waals surface area contributed by atoms with E-state index >= 15 is 0 Å². The first-order valence-electron chi connectivity index (χ1n) is 8.33. The van der Waals surface area contributed by atoms with E-state index in [0.29, 0.717) is 0 Å². The zero-order valence-electron chi connectivity index (χ0n) is 15.8. The number of hydrogen-bond acceptors (Lipinski definition) is 1. The monoisotopic (exact) mass is 318 g/mol. The first-order valence-corrected chi connectivity index (χ1v) is 10.4. The molecule has 0 saturated heterocycles. The van der Waals surface area contributed by atoms with E-state index in [-0.39, 0.29) is 10.1 Å². The van der Waals surface area contributed by atoms with Gasteiger partial charge in [-0.25, -0.2) is 0 Å². The summed E-state index contributed by atoms with van der Waals surface area (Å²) in [6.07, 6.45) is 2.24. The third-order valence-electron chi connectivity index (χ3n) is 4.77. The second-order valence-electron chi connectivity index (χ2n) is 8.41. The van der Waals surface area contributed by atoms with Gasteiger partial charge in [-0.05, 0) is 35.5 Å². The number of allylic oxidation sites excluding steroid dienone is 2. The molecule has 0 saturated carbocycles. The molecule has 0 radical (unpaired) electrons. The van der Waals surface area contributed by atoms with Gasteiger partial charge in [0.05, 0.1) is 6.61 Å². The number of rotatable bonds is 5. The Bertz CT molecular complexity index is 475. The molecule has 1 rings (SSSR count). The summed E-state index contributed by atoms with van der Waals surface area (Å²) < 4.78 is 6.82. The van der Waals surface area contributed by atoms with Crippen LogP contribution >= 0.6 is 0 Å². The van der Waals surface area contributed by atoms with E-state index in [4.69, 9.17) is 4.43 Å². The highest BCUT2D eigenvalue weighted by Gasteiger charge is 2.54. The van der Waals surface area contributed by atoms with Crippen molar-refractivity contribution in [3.63, 3.8) is 0 Å². The zero-order chi connectivity index (χ0) is 17.0. The van der Waals surface area contributed by atoms with E-state index in [1.807, 2.05) is 0 Å². The quantitative estimate of drug-likeness (QED) is 0.433. The number of hydrogen-bond donors (Lipinski definition) is 0. The zero-order valence-corrected chi connectivity index (χ0v) is 16.8. The highest BCUT2D eigenvalue weighted by Crippen LogP contribution is 2.55. The van der Waals surface area contributed by atoms with E-state index in [1.165, 1.54) is 11.1 Å². The fourth-order valence-electron chi connectivity index (χ4n) is 3.41. The fourth-order valence-corrected chi connectivity index (χ4v) is 9.10. The summed E-state index contributed by atoms with van der Waals surface area (Å²) in [4.78, 5) is 0. The average Bonchev–Trinajstić information content (AvgIpc) is 2.41. The standard InChI is InChI=1S/C20H34OSi/c1-9-17(2)16-22(19(3,4)5,20(6,7)8)21-15-18-13-11-10-12-14-18/h9-14H,15-16H2,1-8H3/b17-9-. The molecule has 22 heavy (non-hydrogen) atoms. The Labute approximate surface area is 138 Å². The smallest absolute Gasteiger partial charge is 0.207 e. The van der Waals surface area contributed by atoms with Gasteiger partial charge in [0, 0.05) is 0 Å². The van der Waals surface area contributed by atoms with Gasteiger partial charge < -0.3 is 4.43 Å². The van der Waals surface area contributed by atoms with Crippen molar-refractivity contribution in [3.05, 3.63) is 47.5 Å². The molecule has 0 unspecified atom stereocenters. The summed E-state index contributed by atoms with van der Waals surface area (Å²) in [5.41, 5.74) is 2.72. The van der Waals surface area contributed by atoms with Crippen molar-refractivity contribution in [2.45, 2.75) is 78.1 Å². The van der Waals surface area contributed by atoms with Crippen LogP contribution in [0, 0.1) is 0 Å². The summed E-state index contributed by atoms with van der Waals surface area (Å²) in [6, 6.07) is 11.7. The lowest BCUT2D eigenvalue weighted by atomic mass is 10.2. The van der Waals surface area contributed by atoms with E-state index in [1.54, 1.807) is 0 Å². The minimum absolute atomic E-state index is 0.185. The van der Waals surface area contributed by atoms with Gasteiger partial charge in [-0.3, -0.25) is 0 Å². The molecule has 1 aromatic carbocycles. The molecule has 0 fully saturated rings. The van der Waals surface area contributed by atoms with Crippen LogP contribution in [0.4, 0.5) is 0 Å². The predicted octanol–water partition coefficient (Wildman–Crippen LogP) is 6.72. The van der Waals surface area contributed by atoms with Crippen LogP contribution in [0.3, 0.4) is 0 Å². The van der Waals surface area contributed by atoms with Crippen molar-refractivity contribution in [1.29, 1.82) is 0 Å². The maximum Gasteiger partial charge on any atom is 0.207 e. The SMILES string of the molecule is C/C=C(/C)C[Si](OCc1ccccc1)(C(C)(C)C)C(C)(C)C. The Morgan fingerprint density at radius 1 is 1.00 bits per heavy atom. The summed E-state index contributed by atoms with van der Waals surface area (Å²) >= 11 is 0. The molecule has 1 aromatic rings. The Kier molecular flexibility index (Phi) is 6.23. The molecule has 0 aliphatic rings. The molecule has 0 heterocycles. The van der Waals surface area contributed by atoms with Gasteiger partial charge in [-0.2, -0.15) is 0 Å². The largest absolute Gasteiger partial charge is 0.411 e. The lowest BCUT2D eigenvalue weighted by Gasteiger charge is -2.51. The lowest BCUT2D eigenvalue weighted by Crippen LogP contribution is -2.54. The molecular formula is C20H34OSi. The van der Waals surface area contributed by atoms with Crippen LogP contribution in [0.25, 0.3) is 0 Å². The minimum Gasteiger partial charge on any atom is -0.411 e. The molecule has 0 aliphatic heterocycles. The van der Waals surface area contributed by atoms with Crippen LogP contribution in [-0.2, 0) is 11.0 Å². The van der Waals surface area contributed by atoms with Crippen LogP contribution in [0.2, 0.25) is 16.1 Å². The molecule has 2 heteroatoms. The third-order valence-corrected chi connectivity index (χ3v) is 11.3. The molecule has 124 valence electrons. The van der Waals surface area contributed by atoms with Crippen molar-refractivity contribution in [2.75, 3.05) is 0 Å². The lowest BCUT2D eigenvalue weighted by molar-refractivity contribution is 0.246.